The summed E-state index contributed by atoms with van der Waals surface area (Å²) in [5.41, 5.74) is -1.44. The predicted molar refractivity (Wildman–Crippen MR) is 91.6 cm³/mol. The third-order valence-electron chi connectivity index (χ3n) is 3.70. The van der Waals surface area contributed by atoms with Crippen molar-refractivity contribution in [3.05, 3.63) is 71.8 Å². The van der Waals surface area contributed by atoms with Crippen LogP contribution in [0.1, 0.15) is 30.4 Å². The zero-order valence-corrected chi connectivity index (χ0v) is 13.6. The molecule has 0 amide bonds. The Labute approximate surface area is 145 Å². The summed E-state index contributed by atoms with van der Waals surface area (Å²) in [6.45, 7) is 0.764. The highest BCUT2D eigenvalue weighted by Gasteiger charge is 2.50. The van der Waals surface area contributed by atoms with Crippen LogP contribution >= 0.6 is 0 Å². The molecule has 0 saturated carbocycles. The van der Waals surface area contributed by atoms with E-state index in [1.807, 2.05) is 30.3 Å². The fourth-order valence-electron chi connectivity index (χ4n) is 2.20. The Bertz CT molecular complexity index is 801. The molecular formula is C21H17F3O. The molecule has 0 aliphatic rings. The maximum atomic E-state index is 13.0. The number of halogens is 3. The average Bonchev–Trinajstić information content (AvgIpc) is 2.58. The third-order valence-corrected chi connectivity index (χ3v) is 3.70. The van der Waals surface area contributed by atoms with Crippen molar-refractivity contribution in [2.24, 2.45) is 0 Å². The van der Waals surface area contributed by atoms with Crippen LogP contribution in [0.2, 0.25) is 0 Å². The van der Waals surface area contributed by atoms with Crippen molar-refractivity contribution >= 4 is 0 Å². The Balaban J connectivity index is 2.26. The van der Waals surface area contributed by atoms with E-state index in [0.717, 1.165) is 12.5 Å². The molecule has 0 saturated heterocycles. The van der Waals surface area contributed by atoms with Gasteiger partial charge in [-0.15, -0.1) is 0 Å². The first kappa shape index (κ1) is 18.6. The molecule has 2 rings (SSSR count). The zero-order chi connectivity index (χ0) is 18.3. The Morgan fingerprint density at radius 1 is 0.920 bits per heavy atom. The van der Waals surface area contributed by atoms with Crippen molar-refractivity contribution in [2.75, 3.05) is 0 Å². The molecule has 0 bridgehead atoms. The van der Waals surface area contributed by atoms with E-state index in [4.69, 9.17) is 0 Å². The van der Waals surface area contributed by atoms with E-state index >= 15 is 0 Å². The summed E-state index contributed by atoms with van der Waals surface area (Å²) in [6, 6.07) is 17.8. The van der Waals surface area contributed by atoms with Crippen molar-refractivity contribution < 1.29 is 18.3 Å². The molecule has 2 atom stereocenters. The molecule has 128 valence electrons. The highest BCUT2D eigenvalue weighted by molar-refractivity contribution is 5.41. The quantitative estimate of drug-likeness (QED) is 0.813. The minimum absolute atomic E-state index is 0.555. The van der Waals surface area contributed by atoms with E-state index < -0.39 is 24.1 Å². The fourth-order valence-corrected chi connectivity index (χ4v) is 2.20. The molecule has 0 radical (unpaired) electrons. The first-order valence-electron chi connectivity index (χ1n) is 7.70. The van der Waals surface area contributed by atoms with Gasteiger partial charge in [0.1, 0.15) is 0 Å². The number of aliphatic hydroxyl groups is 1. The van der Waals surface area contributed by atoms with E-state index in [1.54, 1.807) is 30.3 Å². The van der Waals surface area contributed by atoms with Gasteiger partial charge >= 0.3 is 6.18 Å². The van der Waals surface area contributed by atoms with Gasteiger partial charge in [-0.2, -0.15) is 13.2 Å². The zero-order valence-electron chi connectivity index (χ0n) is 13.6. The highest BCUT2D eigenvalue weighted by Crippen LogP contribution is 2.37. The Morgan fingerprint density at radius 3 is 2.04 bits per heavy atom. The van der Waals surface area contributed by atoms with Crippen LogP contribution < -0.4 is 0 Å². The van der Waals surface area contributed by atoms with Crippen LogP contribution in [0.15, 0.2) is 60.7 Å². The van der Waals surface area contributed by atoms with Crippen LogP contribution in [0.25, 0.3) is 0 Å². The largest absolute Gasteiger partial charge is 0.416 e. The van der Waals surface area contributed by atoms with Crippen LogP contribution in [0.4, 0.5) is 13.2 Å². The lowest BCUT2D eigenvalue weighted by Gasteiger charge is -2.28. The molecule has 1 unspecified atom stereocenters. The van der Waals surface area contributed by atoms with E-state index in [-0.39, 0.29) is 0 Å². The SMILES string of the molecule is CC(O)(C[C@@H](C#CC#Cc1ccccc1)c1ccccc1)C(F)(F)F. The van der Waals surface area contributed by atoms with Gasteiger partial charge in [-0.05, 0) is 36.5 Å². The van der Waals surface area contributed by atoms with E-state index in [0.29, 0.717) is 5.56 Å². The Morgan fingerprint density at radius 2 is 1.48 bits per heavy atom. The molecule has 1 nitrogen and oxygen atoms in total. The summed E-state index contributed by atoms with van der Waals surface area (Å²) in [5, 5.41) is 9.79. The van der Waals surface area contributed by atoms with Gasteiger partial charge in [-0.25, -0.2) is 0 Å². The number of hydrogen-bond acceptors (Lipinski definition) is 1. The highest BCUT2D eigenvalue weighted by atomic mass is 19.4. The topological polar surface area (TPSA) is 20.2 Å². The van der Waals surface area contributed by atoms with Gasteiger partial charge in [0.15, 0.2) is 5.60 Å². The molecule has 0 fully saturated rings. The minimum atomic E-state index is -4.72. The second-order valence-corrected chi connectivity index (χ2v) is 5.82. The molecule has 0 aliphatic heterocycles. The minimum Gasteiger partial charge on any atom is -0.381 e. The van der Waals surface area contributed by atoms with Crippen LogP contribution in [-0.4, -0.2) is 16.9 Å². The summed E-state index contributed by atoms with van der Waals surface area (Å²) < 4.78 is 39.0. The first-order valence-corrected chi connectivity index (χ1v) is 7.70. The van der Waals surface area contributed by atoms with E-state index in [1.165, 1.54) is 0 Å². The Kier molecular flexibility index (Phi) is 5.91. The molecule has 0 spiro atoms. The molecule has 25 heavy (non-hydrogen) atoms. The van der Waals surface area contributed by atoms with Gasteiger partial charge in [0.05, 0.1) is 0 Å². The monoisotopic (exact) mass is 342 g/mol. The van der Waals surface area contributed by atoms with Crippen molar-refractivity contribution in [3.8, 4) is 23.7 Å². The van der Waals surface area contributed by atoms with Gasteiger partial charge < -0.3 is 5.11 Å². The molecule has 1 N–H and O–H groups in total. The summed E-state index contributed by atoms with van der Waals surface area (Å²) in [5.74, 6) is 10.1. The second kappa shape index (κ2) is 7.92. The summed E-state index contributed by atoms with van der Waals surface area (Å²) in [4.78, 5) is 0. The van der Waals surface area contributed by atoms with Gasteiger partial charge in [-0.3, -0.25) is 0 Å². The third kappa shape index (κ3) is 5.41. The second-order valence-electron chi connectivity index (χ2n) is 5.82. The van der Waals surface area contributed by atoms with E-state index in [9.17, 15) is 18.3 Å². The normalized spacial score (nSPS) is 14.3. The first-order chi connectivity index (χ1) is 11.8. The standard InChI is InChI=1S/C21H17F3O/c1-20(25,21(22,23)24)16-19(18-13-6-3-7-14-18)15-9-8-12-17-10-4-2-5-11-17/h2-7,10-11,13-14,19,25H,16H2,1H3/t19-,20?/m1/s1. The molecule has 2 aromatic rings. The number of rotatable bonds is 3. The lowest BCUT2D eigenvalue weighted by molar-refractivity contribution is -0.255. The van der Waals surface area contributed by atoms with Gasteiger partial charge in [-0.1, -0.05) is 60.4 Å². The van der Waals surface area contributed by atoms with Crippen molar-refractivity contribution in [3.63, 3.8) is 0 Å². The summed E-state index contributed by atoms with van der Waals surface area (Å²) >= 11 is 0. The van der Waals surface area contributed by atoms with Crippen LogP contribution in [-0.2, 0) is 0 Å². The van der Waals surface area contributed by atoms with E-state index in [2.05, 4.69) is 23.7 Å². The number of benzene rings is 2. The average molecular weight is 342 g/mol. The van der Waals surface area contributed by atoms with Crippen molar-refractivity contribution in [1.82, 2.24) is 0 Å². The molecule has 0 aliphatic carbocycles. The van der Waals surface area contributed by atoms with Gasteiger partial charge in [0.2, 0.25) is 0 Å². The molecular weight excluding hydrogens is 325 g/mol. The lowest BCUT2D eigenvalue weighted by Crippen LogP contribution is -2.43. The van der Waals surface area contributed by atoms with Crippen LogP contribution in [0.5, 0.6) is 0 Å². The molecule has 4 heteroatoms. The smallest absolute Gasteiger partial charge is 0.381 e. The van der Waals surface area contributed by atoms with Crippen LogP contribution in [0, 0.1) is 23.7 Å². The molecule has 2 aromatic carbocycles. The van der Waals surface area contributed by atoms with Crippen LogP contribution in [0.3, 0.4) is 0 Å². The molecule has 0 aromatic heterocycles. The summed E-state index contributed by atoms with van der Waals surface area (Å²) in [7, 11) is 0. The fraction of sp³-hybridized carbons (Fsp3) is 0.238. The lowest BCUT2D eigenvalue weighted by atomic mass is 9.87. The number of alkyl halides is 3. The van der Waals surface area contributed by atoms with Crippen molar-refractivity contribution in [1.29, 1.82) is 0 Å². The molecule has 0 heterocycles. The number of hydrogen-bond donors (Lipinski definition) is 1. The van der Waals surface area contributed by atoms with Gasteiger partial charge in [0, 0.05) is 17.9 Å². The summed E-state index contributed by atoms with van der Waals surface area (Å²) in [6.07, 6.45) is -5.28. The maximum Gasteiger partial charge on any atom is 0.416 e. The predicted octanol–water partition coefficient (Wildman–Crippen LogP) is 4.53. The van der Waals surface area contributed by atoms with Gasteiger partial charge in [0.25, 0.3) is 0 Å². The van der Waals surface area contributed by atoms with Crippen molar-refractivity contribution in [2.45, 2.75) is 31.0 Å². The maximum absolute atomic E-state index is 13.0. The Hall–Kier alpha value is -2.69.